The highest BCUT2D eigenvalue weighted by Gasteiger charge is 2.12. The molecule has 4 nitrogen and oxygen atoms in total. The fourth-order valence-electron chi connectivity index (χ4n) is 1.70. The zero-order valence-corrected chi connectivity index (χ0v) is 9.71. The number of hydrogen-bond acceptors (Lipinski definition) is 3. The van der Waals surface area contributed by atoms with Crippen molar-refractivity contribution in [2.45, 2.75) is 26.8 Å². The van der Waals surface area contributed by atoms with Crippen LogP contribution in [0.25, 0.3) is 0 Å². The number of amides is 1. The van der Waals surface area contributed by atoms with Crippen molar-refractivity contribution in [1.82, 2.24) is 10.3 Å². The Labute approximate surface area is 95.5 Å². The molecular weight excluding hydrogens is 202 g/mol. The molecule has 0 atom stereocenters. The summed E-state index contributed by atoms with van der Waals surface area (Å²) in [4.78, 5) is 15.9. The third-order valence-corrected chi connectivity index (χ3v) is 2.71. The number of pyridine rings is 1. The highest BCUT2D eigenvalue weighted by molar-refractivity contribution is 5.91. The quantitative estimate of drug-likeness (QED) is 0.788. The van der Waals surface area contributed by atoms with Gasteiger partial charge in [0, 0.05) is 31.1 Å². The Morgan fingerprint density at radius 3 is 3.12 bits per heavy atom. The van der Waals surface area contributed by atoms with Crippen molar-refractivity contribution in [3.63, 3.8) is 0 Å². The van der Waals surface area contributed by atoms with Gasteiger partial charge in [-0.2, -0.15) is 0 Å². The minimum absolute atomic E-state index is 0.00541. The number of rotatable bonds is 2. The zero-order chi connectivity index (χ0) is 11.5. The second-order valence-electron chi connectivity index (χ2n) is 4.40. The molecule has 0 fully saturated rings. The van der Waals surface area contributed by atoms with Crippen LogP contribution in [0.15, 0.2) is 12.3 Å². The maximum Gasteiger partial charge on any atom is 0.226 e. The summed E-state index contributed by atoms with van der Waals surface area (Å²) < 4.78 is 0. The molecule has 4 heteroatoms. The second kappa shape index (κ2) is 4.61. The Morgan fingerprint density at radius 2 is 2.38 bits per heavy atom. The Balaban J connectivity index is 2.14. The van der Waals surface area contributed by atoms with Crippen LogP contribution >= 0.6 is 0 Å². The van der Waals surface area contributed by atoms with Crippen molar-refractivity contribution in [3.8, 4) is 0 Å². The Hall–Kier alpha value is -1.42. The molecule has 0 saturated carbocycles. The van der Waals surface area contributed by atoms with Crippen LogP contribution in [-0.4, -0.2) is 17.4 Å². The molecule has 1 aromatic heterocycles. The van der Waals surface area contributed by atoms with Gasteiger partial charge in [-0.1, -0.05) is 13.8 Å². The molecule has 0 spiro atoms. The molecule has 0 aliphatic carbocycles. The maximum absolute atomic E-state index is 11.5. The molecule has 86 valence electrons. The molecule has 1 aromatic rings. The lowest BCUT2D eigenvalue weighted by atomic mass is 10.1. The van der Waals surface area contributed by atoms with E-state index >= 15 is 0 Å². The van der Waals surface area contributed by atoms with Gasteiger partial charge in [0.25, 0.3) is 0 Å². The first-order valence-corrected chi connectivity index (χ1v) is 5.66. The van der Waals surface area contributed by atoms with Crippen molar-refractivity contribution in [2.75, 3.05) is 11.9 Å². The van der Waals surface area contributed by atoms with Gasteiger partial charge in [-0.05, 0) is 11.6 Å². The number of carbonyl (C=O) groups excluding carboxylic acids is 1. The third-order valence-electron chi connectivity index (χ3n) is 2.71. The topological polar surface area (TPSA) is 54.0 Å². The Kier molecular flexibility index (Phi) is 3.19. The molecule has 0 radical (unpaired) electrons. The average molecular weight is 219 g/mol. The lowest BCUT2D eigenvalue weighted by Crippen LogP contribution is -2.25. The Bertz CT molecular complexity index is 401. The van der Waals surface area contributed by atoms with Crippen LogP contribution in [0, 0.1) is 5.92 Å². The Morgan fingerprint density at radius 1 is 1.56 bits per heavy atom. The summed E-state index contributed by atoms with van der Waals surface area (Å²) in [7, 11) is 0. The van der Waals surface area contributed by atoms with Gasteiger partial charge in [0.05, 0.1) is 11.9 Å². The molecule has 1 aliphatic heterocycles. The molecule has 2 rings (SSSR count). The first-order chi connectivity index (χ1) is 7.66. The summed E-state index contributed by atoms with van der Waals surface area (Å²) in [5.74, 6) is 0.0275. The van der Waals surface area contributed by atoms with Crippen molar-refractivity contribution in [1.29, 1.82) is 0 Å². The zero-order valence-electron chi connectivity index (χ0n) is 9.71. The maximum atomic E-state index is 11.5. The fraction of sp³-hybridized carbons (Fsp3) is 0.500. The molecule has 16 heavy (non-hydrogen) atoms. The first-order valence-electron chi connectivity index (χ1n) is 5.66. The standard InChI is InChI=1S/C12H17N3O/c1-8(2)12(16)15-10-5-9-6-13-4-3-11(9)14-7-10/h5,7-8,13H,3-4,6H2,1-2H3,(H,15,16). The van der Waals surface area contributed by atoms with E-state index in [1.54, 1.807) is 6.20 Å². The lowest BCUT2D eigenvalue weighted by Gasteiger charge is -2.17. The number of anilines is 1. The second-order valence-corrected chi connectivity index (χ2v) is 4.40. The van der Waals surface area contributed by atoms with E-state index < -0.39 is 0 Å². The van der Waals surface area contributed by atoms with Gasteiger partial charge in [0.15, 0.2) is 0 Å². The minimum Gasteiger partial charge on any atom is -0.324 e. The summed E-state index contributed by atoms with van der Waals surface area (Å²) in [6.45, 7) is 5.58. The highest BCUT2D eigenvalue weighted by Crippen LogP contribution is 2.16. The van der Waals surface area contributed by atoms with Crippen molar-refractivity contribution >= 4 is 11.6 Å². The van der Waals surface area contributed by atoms with Gasteiger partial charge >= 0.3 is 0 Å². The molecule has 0 unspecified atom stereocenters. The van der Waals surface area contributed by atoms with Gasteiger partial charge in [-0.15, -0.1) is 0 Å². The lowest BCUT2D eigenvalue weighted by molar-refractivity contribution is -0.118. The van der Waals surface area contributed by atoms with E-state index in [4.69, 9.17) is 0 Å². The number of nitrogens with one attached hydrogen (secondary N) is 2. The predicted molar refractivity (Wildman–Crippen MR) is 63.1 cm³/mol. The smallest absolute Gasteiger partial charge is 0.226 e. The van der Waals surface area contributed by atoms with Gasteiger partial charge in [-0.3, -0.25) is 9.78 Å². The molecular formula is C12H17N3O. The van der Waals surface area contributed by atoms with Crippen LogP contribution in [0.1, 0.15) is 25.1 Å². The van der Waals surface area contributed by atoms with E-state index in [9.17, 15) is 4.79 Å². The van der Waals surface area contributed by atoms with Gasteiger partial charge in [0.2, 0.25) is 5.91 Å². The SMILES string of the molecule is CC(C)C(=O)Nc1cnc2c(c1)CNCC2. The van der Waals surface area contributed by atoms with Crippen LogP contribution in [0.3, 0.4) is 0 Å². The average Bonchev–Trinajstić information content (AvgIpc) is 2.28. The molecule has 1 aliphatic rings. The third kappa shape index (κ3) is 2.39. The highest BCUT2D eigenvalue weighted by atomic mass is 16.1. The molecule has 0 aromatic carbocycles. The number of fused-ring (bicyclic) bond motifs is 1. The van der Waals surface area contributed by atoms with Crippen molar-refractivity contribution in [2.24, 2.45) is 5.92 Å². The van der Waals surface area contributed by atoms with Crippen LogP contribution in [0.2, 0.25) is 0 Å². The predicted octanol–water partition coefficient (Wildman–Crippen LogP) is 1.32. The largest absolute Gasteiger partial charge is 0.324 e. The summed E-state index contributed by atoms with van der Waals surface area (Å²) >= 11 is 0. The number of hydrogen-bond donors (Lipinski definition) is 2. The van der Waals surface area contributed by atoms with E-state index in [0.29, 0.717) is 0 Å². The number of carbonyl (C=O) groups is 1. The summed E-state index contributed by atoms with van der Waals surface area (Å²) in [6, 6.07) is 2.01. The first kappa shape index (κ1) is 11.1. The fourth-order valence-corrected chi connectivity index (χ4v) is 1.70. The number of nitrogens with zero attached hydrogens (tertiary/aromatic N) is 1. The summed E-state index contributed by atoms with van der Waals surface area (Å²) in [5.41, 5.74) is 3.12. The molecule has 2 N–H and O–H groups in total. The molecule has 0 bridgehead atoms. The minimum atomic E-state index is -0.00541. The van der Waals surface area contributed by atoms with Gasteiger partial charge in [0.1, 0.15) is 0 Å². The van der Waals surface area contributed by atoms with Crippen LogP contribution < -0.4 is 10.6 Å². The van der Waals surface area contributed by atoms with Crippen LogP contribution in [0.4, 0.5) is 5.69 Å². The van der Waals surface area contributed by atoms with E-state index in [1.165, 1.54) is 5.56 Å². The van der Waals surface area contributed by atoms with Crippen LogP contribution in [0.5, 0.6) is 0 Å². The van der Waals surface area contributed by atoms with Crippen molar-refractivity contribution in [3.05, 3.63) is 23.5 Å². The monoisotopic (exact) mass is 219 g/mol. The summed E-state index contributed by atoms with van der Waals surface area (Å²) in [5, 5.41) is 6.15. The van der Waals surface area contributed by atoms with E-state index in [0.717, 1.165) is 30.9 Å². The van der Waals surface area contributed by atoms with Gasteiger partial charge in [-0.25, -0.2) is 0 Å². The van der Waals surface area contributed by atoms with E-state index in [1.807, 2.05) is 19.9 Å². The molecule has 1 amide bonds. The van der Waals surface area contributed by atoms with Gasteiger partial charge < -0.3 is 10.6 Å². The van der Waals surface area contributed by atoms with Crippen LogP contribution in [-0.2, 0) is 17.8 Å². The van der Waals surface area contributed by atoms with E-state index in [2.05, 4.69) is 15.6 Å². The molecule has 2 heterocycles. The van der Waals surface area contributed by atoms with Crippen molar-refractivity contribution < 1.29 is 4.79 Å². The normalized spacial score (nSPS) is 14.7. The number of aromatic nitrogens is 1. The molecule has 0 saturated heterocycles. The summed E-state index contributed by atoms with van der Waals surface area (Å²) in [6.07, 6.45) is 2.71. The van der Waals surface area contributed by atoms with E-state index in [-0.39, 0.29) is 11.8 Å².